The Morgan fingerprint density at radius 1 is 1.22 bits per heavy atom. The van der Waals surface area contributed by atoms with Crippen molar-refractivity contribution in [3.63, 3.8) is 0 Å². The van der Waals surface area contributed by atoms with Crippen LogP contribution in [0.1, 0.15) is 11.1 Å². The molecular formula is C14H10F4N4O. The Balaban J connectivity index is 2.26. The molecule has 0 aliphatic heterocycles. The molecular weight excluding hydrogens is 316 g/mol. The molecule has 0 aliphatic rings. The van der Waals surface area contributed by atoms with Crippen molar-refractivity contribution in [2.24, 2.45) is 5.73 Å². The van der Waals surface area contributed by atoms with E-state index >= 15 is 0 Å². The molecule has 0 spiro atoms. The van der Waals surface area contributed by atoms with E-state index in [0.29, 0.717) is 10.8 Å². The van der Waals surface area contributed by atoms with Crippen LogP contribution in [0.25, 0.3) is 16.5 Å². The van der Waals surface area contributed by atoms with Gasteiger partial charge >= 0.3 is 6.18 Å². The Labute approximate surface area is 126 Å². The molecule has 0 saturated carbocycles. The number of alkyl halides is 3. The molecule has 0 atom stereocenters. The van der Waals surface area contributed by atoms with Crippen LogP contribution in [0.5, 0.6) is 0 Å². The van der Waals surface area contributed by atoms with Gasteiger partial charge in [-0.2, -0.15) is 18.3 Å². The summed E-state index contributed by atoms with van der Waals surface area (Å²) < 4.78 is 54.1. The van der Waals surface area contributed by atoms with Crippen molar-refractivity contribution in [3.05, 3.63) is 58.0 Å². The summed E-state index contributed by atoms with van der Waals surface area (Å²) in [5, 5.41) is 6.05. The second-order valence-corrected chi connectivity index (χ2v) is 4.90. The zero-order valence-corrected chi connectivity index (χ0v) is 11.5. The third-order valence-electron chi connectivity index (χ3n) is 3.43. The molecule has 3 aromatic rings. The van der Waals surface area contributed by atoms with E-state index in [0.717, 1.165) is 10.8 Å². The third-order valence-corrected chi connectivity index (χ3v) is 3.43. The summed E-state index contributed by atoms with van der Waals surface area (Å²) in [7, 11) is 0. The van der Waals surface area contributed by atoms with Gasteiger partial charge in [-0.05, 0) is 12.1 Å². The number of nitrogens with one attached hydrogen (secondary N) is 1. The van der Waals surface area contributed by atoms with Gasteiger partial charge in [0.1, 0.15) is 11.4 Å². The van der Waals surface area contributed by atoms with Gasteiger partial charge in [0.2, 0.25) is 0 Å². The molecule has 1 aromatic carbocycles. The zero-order valence-electron chi connectivity index (χ0n) is 11.5. The number of fused-ring (bicyclic) bond motifs is 1. The van der Waals surface area contributed by atoms with E-state index in [9.17, 15) is 22.4 Å². The Morgan fingerprint density at radius 2 is 1.87 bits per heavy atom. The van der Waals surface area contributed by atoms with Crippen molar-refractivity contribution in [2.75, 3.05) is 0 Å². The molecule has 5 nitrogen and oxygen atoms in total. The molecule has 23 heavy (non-hydrogen) atoms. The van der Waals surface area contributed by atoms with Gasteiger partial charge in [0, 0.05) is 35.3 Å². The molecule has 2 aromatic heterocycles. The molecule has 0 bridgehead atoms. The van der Waals surface area contributed by atoms with Crippen LogP contribution >= 0.6 is 0 Å². The summed E-state index contributed by atoms with van der Waals surface area (Å²) in [5.74, 6) is -0.544. The van der Waals surface area contributed by atoms with Gasteiger partial charge in [0.25, 0.3) is 5.56 Å². The highest BCUT2D eigenvalue weighted by atomic mass is 19.4. The van der Waals surface area contributed by atoms with Gasteiger partial charge in [0.05, 0.1) is 11.9 Å². The van der Waals surface area contributed by atoms with Crippen LogP contribution in [0.2, 0.25) is 0 Å². The van der Waals surface area contributed by atoms with E-state index < -0.39 is 28.8 Å². The summed E-state index contributed by atoms with van der Waals surface area (Å²) in [6.45, 7) is -0.0344. The number of hydrogen-bond acceptors (Lipinski definition) is 3. The van der Waals surface area contributed by atoms with Gasteiger partial charge < -0.3 is 10.3 Å². The SMILES string of the molecule is NCc1cc2cn(-c3cn[nH]c(=O)c3C(F)(F)F)cc2cc1F. The number of nitrogens with two attached hydrogens (primary N) is 1. The maximum absolute atomic E-state index is 13.7. The second kappa shape index (κ2) is 5.20. The first-order chi connectivity index (χ1) is 10.8. The van der Waals surface area contributed by atoms with Gasteiger partial charge in [-0.25, -0.2) is 9.49 Å². The molecule has 0 unspecified atom stereocenters. The van der Waals surface area contributed by atoms with Crippen molar-refractivity contribution >= 4 is 10.8 Å². The predicted molar refractivity (Wildman–Crippen MR) is 74.5 cm³/mol. The fraction of sp³-hybridized carbons (Fsp3) is 0.143. The molecule has 120 valence electrons. The number of hydrogen-bond donors (Lipinski definition) is 2. The van der Waals surface area contributed by atoms with E-state index in [-0.39, 0.29) is 12.1 Å². The summed E-state index contributed by atoms with van der Waals surface area (Å²) >= 11 is 0. The summed E-state index contributed by atoms with van der Waals surface area (Å²) in [5.41, 5.74) is 2.50. The smallest absolute Gasteiger partial charge is 0.326 e. The Morgan fingerprint density at radius 3 is 2.48 bits per heavy atom. The van der Waals surface area contributed by atoms with E-state index in [4.69, 9.17) is 5.73 Å². The first-order valence-electron chi connectivity index (χ1n) is 6.46. The fourth-order valence-corrected chi connectivity index (χ4v) is 2.37. The first kappa shape index (κ1) is 15.2. The Kier molecular flexibility index (Phi) is 3.44. The van der Waals surface area contributed by atoms with Crippen LogP contribution in [0.3, 0.4) is 0 Å². The van der Waals surface area contributed by atoms with E-state index in [2.05, 4.69) is 5.10 Å². The van der Waals surface area contributed by atoms with Crippen molar-refractivity contribution in [1.82, 2.24) is 14.8 Å². The van der Waals surface area contributed by atoms with Crippen molar-refractivity contribution < 1.29 is 17.6 Å². The number of H-pyrrole nitrogens is 1. The minimum Gasteiger partial charge on any atom is -0.326 e. The summed E-state index contributed by atoms with van der Waals surface area (Å²) in [6.07, 6.45) is -1.30. The second-order valence-electron chi connectivity index (χ2n) is 4.90. The normalized spacial score (nSPS) is 12.0. The average molecular weight is 326 g/mol. The molecule has 0 radical (unpaired) electrons. The minimum atomic E-state index is -4.85. The lowest BCUT2D eigenvalue weighted by Crippen LogP contribution is -2.25. The van der Waals surface area contributed by atoms with Crippen molar-refractivity contribution in [1.29, 1.82) is 0 Å². The Bertz CT molecular complexity index is 942. The Hall–Kier alpha value is -2.68. The number of benzene rings is 1. The van der Waals surface area contributed by atoms with Gasteiger partial charge in [-0.15, -0.1) is 0 Å². The maximum Gasteiger partial charge on any atom is 0.423 e. The summed E-state index contributed by atoms with van der Waals surface area (Å²) in [6, 6.07) is 2.64. The number of nitrogens with zero attached hydrogens (tertiary/aromatic N) is 2. The van der Waals surface area contributed by atoms with E-state index in [1.165, 1.54) is 24.5 Å². The zero-order chi connectivity index (χ0) is 16.8. The fourth-order valence-electron chi connectivity index (χ4n) is 2.37. The molecule has 0 amide bonds. The van der Waals surface area contributed by atoms with Crippen LogP contribution in [-0.2, 0) is 12.7 Å². The molecule has 0 saturated heterocycles. The van der Waals surface area contributed by atoms with Crippen LogP contribution in [0.15, 0.2) is 35.5 Å². The highest BCUT2D eigenvalue weighted by Crippen LogP contribution is 2.32. The van der Waals surface area contributed by atoms with Gasteiger partial charge in [0.15, 0.2) is 0 Å². The number of aromatic amines is 1. The predicted octanol–water partition coefficient (Wildman–Crippen LogP) is 2.33. The molecule has 3 N–H and O–H groups in total. The van der Waals surface area contributed by atoms with Crippen LogP contribution in [0, 0.1) is 5.82 Å². The highest BCUT2D eigenvalue weighted by Gasteiger charge is 2.37. The average Bonchev–Trinajstić information content (AvgIpc) is 2.87. The quantitative estimate of drug-likeness (QED) is 0.710. The number of rotatable bonds is 2. The first-order valence-corrected chi connectivity index (χ1v) is 6.46. The molecule has 2 heterocycles. The third kappa shape index (κ3) is 2.59. The molecule has 3 rings (SSSR count). The highest BCUT2D eigenvalue weighted by molar-refractivity contribution is 5.84. The van der Waals surface area contributed by atoms with Crippen LogP contribution < -0.4 is 11.3 Å². The molecule has 9 heteroatoms. The lowest BCUT2D eigenvalue weighted by atomic mass is 10.1. The molecule has 0 fully saturated rings. The molecule has 0 aliphatic carbocycles. The number of halogens is 4. The largest absolute Gasteiger partial charge is 0.423 e. The monoisotopic (exact) mass is 326 g/mol. The standard InChI is InChI=1S/C14H10F4N4O/c15-10-2-9-6-22(5-8(9)1-7(10)3-19)11-4-20-21-13(23)12(11)14(16,17)18/h1-2,4-6H,3,19H2,(H,21,23). The van der Waals surface area contributed by atoms with Gasteiger partial charge in [-0.3, -0.25) is 4.79 Å². The number of aromatic nitrogens is 3. The van der Waals surface area contributed by atoms with E-state index in [1.54, 1.807) is 5.10 Å². The van der Waals surface area contributed by atoms with Crippen LogP contribution in [-0.4, -0.2) is 14.8 Å². The van der Waals surface area contributed by atoms with Gasteiger partial charge in [-0.1, -0.05) is 0 Å². The van der Waals surface area contributed by atoms with Crippen molar-refractivity contribution in [3.8, 4) is 5.69 Å². The van der Waals surface area contributed by atoms with E-state index in [1.807, 2.05) is 0 Å². The minimum absolute atomic E-state index is 0.0344. The lowest BCUT2D eigenvalue weighted by molar-refractivity contribution is -0.138. The van der Waals surface area contributed by atoms with Crippen LogP contribution in [0.4, 0.5) is 17.6 Å². The topological polar surface area (TPSA) is 76.7 Å². The maximum atomic E-state index is 13.7. The van der Waals surface area contributed by atoms with Crippen molar-refractivity contribution in [2.45, 2.75) is 12.7 Å². The summed E-state index contributed by atoms with van der Waals surface area (Å²) in [4.78, 5) is 11.5. The lowest BCUT2D eigenvalue weighted by Gasteiger charge is -2.11.